The molecule has 1 aromatic carbocycles. The number of aromatic nitrogens is 4. The number of hydrogen-bond donors (Lipinski definition) is 1. The van der Waals surface area contributed by atoms with Gasteiger partial charge in [0.15, 0.2) is 0 Å². The van der Waals surface area contributed by atoms with Gasteiger partial charge in [-0.1, -0.05) is 0 Å². The van der Waals surface area contributed by atoms with Crippen LogP contribution < -0.4 is 5.32 Å². The van der Waals surface area contributed by atoms with Crippen LogP contribution in [-0.2, 0) is 0 Å². The molecule has 0 unspecified atom stereocenters. The molecule has 1 fully saturated rings. The van der Waals surface area contributed by atoms with E-state index >= 15 is 0 Å². The predicted molar refractivity (Wildman–Crippen MR) is 98.2 cm³/mol. The van der Waals surface area contributed by atoms with E-state index in [1.165, 1.54) is 28.9 Å². The SMILES string of the molecule is Fc1ccc(-c2nn3cc(F)ccc3c2-c2ccnc(NC3CC3)n2)cc1. The van der Waals surface area contributed by atoms with Crippen molar-refractivity contribution in [3.05, 3.63) is 66.5 Å². The Morgan fingerprint density at radius 1 is 0.963 bits per heavy atom. The molecular weight excluding hydrogens is 348 g/mol. The average Bonchev–Trinajstić information content (AvgIpc) is 3.40. The number of hydrogen-bond acceptors (Lipinski definition) is 4. The molecule has 0 saturated heterocycles. The van der Waals surface area contributed by atoms with Gasteiger partial charge in [0, 0.05) is 17.8 Å². The Bertz CT molecular complexity index is 1130. The van der Waals surface area contributed by atoms with Crippen LogP contribution in [0.1, 0.15) is 12.8 Å². The van der Waals surface area contributed by atoms with E-state index in [1.54, 1.807) is 30.5 Å². The molecule has 0 atom stereocenters. The van der Waals surface area contributed by atoms with Crippen molar-refractivity contribution in [3.8, 4) is 22.5 Å². The Balaban J connectivity index is 1.71. The second-order valence-corrected chi connectivity index (χ2v) is 6.59. The number of halogens is 2. The Hall–Kier alpha value is -3.35. The minimum atomic E-state index is -0.388. The molecule has 5 nitrogen and oxygen atoms in total. The van der Waals surface area contributed by atoms with Gasteiger partial charge in [0.05, 0.1) is 23.0 Å². The highest BCUT2D eigenvalue weighted by atomic mass is 19.1. The number of pyridine rings is 1. The Labute approximate surface area is 153 Å². The van der Waals surface area contributed by atoms with Crippen LogP contribution in [0, 0.1) is 11.6 Å². The first-order valence-electron chi connectivity index (χ1n) is 8.71. The van der Waals surface area contributed by atoms with Gasteiger partial charge in [0.2, 0.25) is 5.95 Å². The molecule has 7 heteroatoms. The van der Waals surface area contributed by atoms with E-state index in [4.69, 9.17) is 0 Å². The van der Waals surface area contributed by atoms with Crippen LogP contribution in [0.25, 0.3) is 28.0 Å². The number of nitrogens with zero attached hydrogens (tertiary/aromatic N) is 4. The van der Waals surface area contributed by atoms with Gasteiger partial charge in [-0.05, 0) is 55.3 Å². The standard InChI is InChI=1S/C20H15F2N5/c21-13-3-1-12(2-4-13)19-18(17-8-5-14(22)11-27(17)26-19)16-9-10-23-20(25-16)24-15-6-7-15/h1-5,8-11,15H,6-7H2,(H,23,24,25). The van der Waals surface area contributed by atoms with Gasteiger partial charge in [-0.3, -0.25) is 0 Å². The minimum absolute atomic E-state index is 0.326. The molecule has 3 aromatic heterocycles. The van der Waals surface area contributed by atoms with Crippen LogP contribution >= 0.6 is 0 Å². The summed E-state index contributed by atoms with van der Waals surface area (Å²) in [5, 5.41) is 7.81. The lowest BCUT2D eigenvalue weighted by atomic mass is 10.0. The molecule has 1 aliphatic carbocycles. The van der Waals surface area contributed by atoms with Crippen LogP contribution in [0.15, 0.2) is 54.9 Å². The highest BCUT2D eigenvalue weighted by Crippen LogP contribution is 2.35. The third-order valence-corrected chi connectivity index (χ3v) is 4.53. The molecule has 1 N–H and O–H groups in total. The van der Waals surface area contributed by atoms with Crippen LogP contribution in [0.5, 0.6) is 0 Å². The van der Waals surface area contributed by atoms with E-state index < -0.39 is 0 Å². The maximum atomic E-state index is 13.7. The predicted octanol–water partition coefficient (Wildman–Crippen LogP) is 4.31. The number of fused-ring (bicyclic) bond motifs is 1. The second-order valence-electron chi connectivity index (χ2n) is 6.59. The van der Waals surface area contributed by atoms with Crippen molar-refractivity contribution in [2.75, 3.05) is 5.32 Å². The summed E-state index contributed by atoms with van der Waals surface area (Å²) >= 11 is 0. The molecule has 134 valence electrons. The topological polar surface area (TPSA) is 55.1 Å². The van der Waals surface area contributed by atoms with Gasteiger partial charge in [-0.15, -0.1) is 0 Å². The summed E-state index contributed by atoms with van der Waals surface area (Å²) in [4.78, 5) is 8.91. The molecule has 0 radical (unpaired) electrons. The van der Waals surface area contributed by atoms with Gasteiger partial charge in [0.25, 0.3) is 0 Å². The maximum absolute atomic E-state index is 13.7. The molecule has 3 heterocycles. The van der Waals surface area contributed by atoms with E-state index in [1.807, 2.05) is 0 Å². The van der Waals surface area contributed by atoms with Crippen molar-refractivity contribution in [2.45, 2.75) is 18.9 Å². The van der Waals surface area contributed by atoms with Crippen molar-refractivity contribution in [2.24, 2.45) is 0 Å². The Morgan fingerprint density at radius 2 is 1.74 bits per heavy atom. The van der Waals surface area contributed by atoms with E-state index in [2.05, 4.69) is 20.4 Å². The lowest BCUT2D eigenvalue weighted by Crippen LogP contribution is -2.05. The van der Waals surface area contributed by atoms with Crippen LogP contribution in [-0.4, -0.2) is 25.6 Å². The third-order valence-electron chi connectivity index (χ3n) is 4.53. The van der Waals surface area contributed by atoms with E-state index in [-0.39, 0.29) is 11.6 Å². The number of rotatable bonds is 4. The summed E-state index contributed by atoms with van der Waals surface area (Å²) in [5.41, 5.74) is 3.48. The summed E-state index contributed by atoms with van der Waals surface area (Å²) in [6.45, 7) is 0. The number of nitrogens with one attached hydrogen (secondary N) is 1. The van der Waals surface area contributed by atoms with Crippen LogP contribution in [0.2, 0.25) is 0 Å². The van der Waals surface area contributed by atoms with Crippen molar-refractivity contribution < 1.29 is 8.78 Å². The summed E-state index contributed by atoms with van der Waals surface area (Å²) < 4.78 is 28.5. The van der Waals surface area contributed by atoms with Crippen molar-refractivity contribution in [1.29, 1.82) is 0 Å². The molecule has 1 aliphatic rings. The molecule has 5 rings (SSSR count). The highest BCUT2D eigenvalue weighted by Gasteiger charge is 2.23. The summed E-state index contributed by atoms with van der Waals surface area (Å²) in [6.07, 6.45) is 5.24. The molecule has 1 saturated carbocycles. The molecular formula is C20H15F2N5. The first kappa shape index (κ1) is 15.9. The Kier molecular flexibility index (Phi) is 3.60. The highest BCUT2D eigenvalue weighted by molar-refractivity contribution is 5.90. The van der Waals surface area contributed by atoms with Crippen molar-refractivity contribution >= 4 is 11.5 Å². The average molecular weight is 363 g/mol. The molecule has 4 aromatic rings. The third kappa shape index (κ3) is 3.01. The zero-order chi connectivity index (χ0) is 18.4. The fourth-order valence-corrected chi connectivity index (χ4v) is 3.06. The van der Waals surface area contributed by atoms with Gasteiger partial charge in [-0.2, -0.15) is 5.10 Å². The Morgan fingerprint density at radius 3 is 2.52 bits per heavy atom. The van der Waals surface area contributed by atoms with Crippen molar-refractivity contribution in [1.82, 2.24) is 19.6 Å². The minimum Gasteiger partial charge on any atom is -0.351 e. The van der Waals surface area contributed by atoms with Crippen molar-refractivity contribution in [3.63, 3.8) is 0 Å². The molecule has 0 bridgehead atoms. The smallest absolute Gasteiger partial charge is 0.223 e. The number of anilines is 1. The summed E-state index contributed by atoms with van der Waals surface area (Å²) in [6, 6.07) is 11.3. The van der Waals surface area contributed by atoms with Crippen LogP contribution in [0.4, 0.5) is 14.7 Å². The van der Waals surface area contributed by atoms with Crippen LogP contribution in [0.3, 0.4) is 0 Å². The fourth-order valence-electron chi connectivity index (χ4n) is 3.06. The molecule has 0 amide bonds. The van der Waals surface area contributed by atoms with Gasteiger partial charge < -0.3 is 5.32 Å². The lowest BCUT2D eigenvalue weighted by Gasteiger charge is -2.06. The van der Waals surface area contributed by atoms with Gasteiger partial charge >= 0.3 is 0 Å². The zero-order valence-corrected chi connectivity index (χ0v) is 14.2. The lowest BCUT2D eigenvalue weighted by molar-refractivity contribution is 0.615. The fraction of sp³-hybridized carbons (Fsp3) is 0.150. The molecule has 27 heavy (non-hydrogen) atoms. The maximum Gasteiger partial charge on any atom is 0.223 e. The zero-order valence-electron chi connectivity index (χ0n) is 14.2. The monoisotopic (exact) mass is 363 g/mol. The quantitative estimate of drug-likeness (QED) is 0.587. The first-order valence-corrected chi connectivity index (χ1v) is 8.71. The van der Waals surface area contributed by atoms with E-state index in [9.17, 15) is 8.78 Å². The van der Waals surface area contributed by atoms with Gasteiger partial charge in [-0.25, -0.2) is 23.3 Å². The normalized spacial score (nSPS) is 13.9. The first-order chi connectivity index (χ1) is 13.2. The van der Waals surface area contributed by atoms with E-state index in [0.717, 1.165) is 24.0 Å². The summed E-state index contributed by atoms with van der Waals surface area (Å²) in [5.74, 6) is -0.157. The second kappa shape index (κ2) is 6.12. The largest absolute Gasteiger partial charge is 0.351 e. The summed E-state index contributed by atoms with van der Waals surface area (Å²) in [7, 11) is 0. The van der Waals surface area contributed by atoms with Gasteiger partial charge in [0.1, 0.15) is 17.3 Å². The molecule has 0 aliphatic heterocycles. The molecule has 0 spiro atoms. The number of benzene rings is 1. The van der Waals surface area contributed by atoms with E-state index in [0.29, 0.717) is 28.9 Å².